The molecule has 2 aliphatic heterocycles. The quantitative estimate of drug-likeness (QED) is 0.910. The molecule has 2 aromatic heterocycles. The molecule has 138 valence electrons. The van der Waals surface area contributed by atoms with Gasteiger partial charge in [-0.25, -0.2) is 0 Å². The van der Waals surface area contributed by atoms with Crippen LogP contribution in [0.3, 0.4) is 0 Å². The van der Waals surface area contributed by atoms with Crippen molar-refractivity contribution in [1.82, 2.24) is 15.4 Å². The summed E-state index contributed by atoms with van der Waals surface area (Å²) < 4.78 is 11.0. The van der Waals surface area contributed by atoms with E-state index in [2.05, 4.69) is 10.5 Å². The second-order valence-corrected chi connectivity index (χ2v) is 7.28. The van der Waals surface area contributed by atoms with Gasteiger partial charge < -0.3 is 19.2 Å². The fraction of sp³-hybridized carbons (Fsp3) is 0.526. The van der Waals surface area contributed by atoms with Gasteiger partial charge in [-0.15, -0.1) is 0 Å². The second-order valence-electron chi connectivity index (χ2n) is 7.28. The van der Waals surface area contributed by atoms with Gasteiger partial charge in [0.1, 0.15) is 11.5 Å². The molecule has 2 aromatic rings. The van der Waals surface area contributed by atoms with Crippen molar-refractivity contribution in [2.45, 2.75) is 45.6 Å². The minimum absolute atomic E-state index is 0.0608. The Morgan fingerprint density at radius 3 is 2.96 bits per heavy atom. The summed E-state index contributed by atoms with van der Waals surface area (Å²) in [6.45, 7) is 4.98. The van der Waals surface area contributed by atoms with E-state index in [4.69, 9.17) is 8.94 Å². The largest absolute Gasteiger partial charge is 0.456 e. The van der Waals surface area contributed by atoms with Gasteiger partial charge in [-0.05, 0) is 44.7 Å². The molecule has 2 saturated heterocycles. The van der Waals surface area contributed by atoms with E-state index in [1.807, 2.05) is 19.9 Å². The molecule has 0 saturated carbocycles. The number of aryl methyl sites for hydroxylation is 2. The molecule has 2 atom stereocenters. The zero-order valence-electron chi connectivity index (χ0n) is 15.1. The lowest BCUT2D eigenvalue weighted by Crippen LogP contribution is -2.39. The predicted molar refractivity (Wildman–Crippen MR) is 92.7 cm³/mol. The first-order chi connectivity index (χ1) is 12.5. The Hall–Kier alpha value is -2.57. The van der Waals surface area contributed by atoms with E-state index in [1.165, 1.54) is 0 Å². The van der Waals surface area contributed by atoms with Gasteiger partial charge in [0.2, 0.25) is 5.91 Å². The van der Waals surface area contributed by atoms with E-state index in [-0.39, 0.29) is 17.9 Å². The number of aromatic nitrogens is 1. The monoisotopic (exact) mass is 357 g/mol. The Labute approximate surface area is 151 Å². The maximum atomic E-state index is 12.8. The highest BCUT2D eigenvalue weighted by molar-refractivity contribution is 5.92. The molecule has 0 aromatic carbocycles. The number of nitrogens with one attached hydrogen (secondary N) is 1. The van der Waals surface area contributed by atoms with Crippen molar-refractivity contribution < 1.29 is 18.5 Å². The molecule has 4 rings (SSSR count). The Morgan fingerprint density at radius 1 is 1.35 bits per heavy atom. The summed E-state index contributed by atoms with van der Waals surface area (Å²) in [6, 6.07) is 3.61. The van der Waals surface area contributed by atoms with E-state index in [9.17, 15) is 9.59 Å². The van der Waals surface area contributed by atoms with E-state index in [0.717, 1.165) is 29.9 Å². The van der Waals surface area contributed by atoms with Crippen molar-refractivity contribution in [2.75, 3.05) is 13.1 Å². The van der Waals surface area contributed by atoms with Crippen LogP contribution in [0.5, 0.6) is 0 Å². The average Bonchev–Trinajstić information content (AvgIpc) is 3.28. The highest BCUT2D eigenvalue weighted by Gasteiger charge is 2.38. The van der Waals surface area contributed by atoms with Crippen molar-refractivity contribution in [3.63, 3.8) is 0 Å². The summed E-state index contributed by atoms with van der Waals surface area (Å²) in [5.41, 5.74) is 1.83. The number of hydrogen-bond acceptors (Lipinski definition) is 5. The lowest BCUT2D eigenvalue weighted by atomic mass is 9.99. The maximum Gasteiger partial charge on any atom is 0.289 e. The van der Waals surface area contributed by atoms with Crippen LogP contribution in [0.25, 0.3) is 0 Å². The molecular weight excluding hydrogens is 334 g/mol. The summed E-state index contributed by atoms with van der Waals surface area (Å²) in [4.78, 5) is 26.3. The van der Waals surface area contributed by atoms with Crippen LogP contribution in [0.4, 0.5) is 0 Å². The Morgan fingerprint density at radius 2 is 2.19 bits per heavy atom. The zero-order chi connectivity index (χ0) is 18.3. The number of rotatable bonds is 3. The molecule has 0 unspecified atom stereocenters. The first kappa shape index (κ1) is 16.9. The normalized spacial score (nSPS) is 22.8. The van der Waals surface area contributed by atoms with Crippen molar-refractivity contribution in [3.8, 4) is 0 Å². The van der Waals surface area contributed by atoms with Crippen molar-refractivity contribution in [2.24, 2.45) is 5.92 Å². The number of likely N-dealkylation sites (tertiary alicyclic amines) is 1. The Kier molecular flexibility index (Phi) is 4.30. The molecule has 26 heavy (non-hydrogen) atoms. The highest BCUT2D eigenvalue weighted by Crippen LogP contribution is 2.27. The second kappa shape index (κ2) is 6.63. The first-order valence-electron chi connectivity index (χ1n) is 9.10. The number of carbonyl (C=O) groups excluding carboxylic acids is 2. The molecule has 0 radical (unpaired) electrons. The maximum absolute atomic E-state index is 12.8. The minimum atomic E-state index is -0.114. The number of carbonyl (C=O) groups is 2. The average molecular weight is 357 g/mol. The Bertz CT molecular complexity index is 818. The molecule has 4 heterocycles. The molecule has 0 bridgehead atoms. The zero-order valence-corrected chi connectivity index (χ0v) is 15.1. The fourth-order valence-electron chi connectivity index (χ4n) is 3.97. The van der Waals surface area contributed by atoms with Gasteiger partial charge in [0, 0.05) is 31.5 Å². The molecule has 0 aliphatic carbocycles. The van der Waals surface area contributed by atoms with Gasteiger partial charge in [0.05, 0.1) is 11.7 Å². The molecule has 7 heteroatoms. The van der Waals surface area contributed by atoms with Crippen LogP contribution in [0.15, 0.2) is 21.1 Å². The Balaban J connectivity index is 1.45. The molecule has 0 spiro atoms. The molecule has 2 amide bonds. The van der Waals surface area contributed by atoms with Crippen LogP contribution in [0, 0.1) is 19.8 Å². The van der Waals surface area contributed by atoms with Crippen LogP contribution in [-0.4, -0.2) is 41.0 Å². The number of hydrogen-bond donors (Lipinski definition) is 1. The number of furan rings is 1. The standard InChI is InChI=1S/C19H23N3O4/c1-11-15(12(2)26-21-11)8-14-6-7-17(25-14)19(24)22-9-13-4-3-5-18(23)20-16(13)10-22/h6-7,13,16H,3-5,8-10H2,1-2H3,(H,20,23)/t13-,16+/m1/s1. The van der Waals surface area contributed by atoms with Crippen molar-refractivity contribution in [1.29, 1.82) is 0 Å². The third kappa shape index (κ3) is 3.13. The number of fused-ring (bicyclic) bond motifs is 1. The number of amides is 2. The summed E-state index contributed by atoms with van der Waals surface area (Å²) in [7, 11) is 0. The van der Waals surface area contributed by atoms with Gasteiger partial charge in [0.15, 0.2) is 5.76 Å². The fourth-order valence-corrected chi connectivity index (χ4v) is 3.97. The summed E-state index contributed by atoms with van der Waals surface area (Å²) >= 11 is 0. The third-order valence-electron chi connectivity index (χ3n) is 5.46. The molecule has 2 aliphatic rings. The van der Waals surface area contributed by atoms with Crippen LogP contribution in [-0.2, 0) is 11.2 Å². The van der Waals surface area contributed by atoms with Gasteiger partial charge in [-0.3, -0.25) is 9.59 Å². The molecule has 1 N–H and O–H groups in total. The van der Waals surface area contributed by atoms with Crippen LogP contribution >= 0.6 is 0 Å². The van der Waals surface area contributed by atoms with Crippen molar-refractivity contribution in [3.05, 3.63) is 40.7 Å². The molecular formula is C19H23N3O4. The SMILES string of the molecule is Cc1noc(C)c1Cc1ccc(C(=O)N2C[C@H]3CCCC(=O)N[C@H]3C2)o1. The summed E-state index contributed by atoms with van der Waals surface area (Å²) in [5, 5.41) is 6.99. The topological polar surface area (TPSA) is 88.6 Å². The molecule has 7 nitrogen and oxygen atoms in total. The predicted octanol–water partition coefficient (Wildman–Crippen LogP) is 2.22. The smallest absolute Gasteiger partial charge is 0.289 e. The van der Waals surface area contributed by atoms with Gasteiger partial charge in [-0.2, -0.15) is 0 Å². The van der Waals surface area contributed by atoms with E-state index in [0.29, 0.717) is 43.4 Å². The van der Waals surface area contributed by atoms with Crippen molar-refractivity contribution >= 4 is 11.8 Å². The van der Waals surface area contributed by atoms with E-state index < -0.39 is 0 Å². The van der Waals surface area contributed by atoms with Gasteiger partial charge in [0.25, 0.3) is 5.91 Å². The van der Waals surface area contributed by atoms with Crippen LogP contribution in [0.2, 0.25) is 0 Å². The summed E-state index contributed by atoms with van der Waals surface area (Å²) in [5.74, 6) is 2.13. The van der Waals surface area contributed by atoms with Crippen LogP contribution in [0.1, 0.15) is 52.6 Å². The minimum Gasteiger partial charge on any atom is -0.456 e. The lowest BCUT2D eigenvalue weighted by molar-refractivity contribution is -0.121. The lowest BCUT2D eigenvalue weighted by Gasteiger charge is -2.15. The number of nitrogens with zero attached hydrogens (tertiary/aromatic N) is 2. The van der Waals surface area contributed by atoms with E-state index in [1.54, 1.807) is 11.0 Å². The highest BCUT2D eigenvalue weighted by atomic mass is 16.5. The summed E-state index contributed by atoms with van der Waals surface area (Å²) in [6.07, 6.45) is 3.00. The first-order valence-corrected chi connectivity index (χ1v) is 9.10. The molecule has 2 fully saturated rings. The van der Waals surface area contributed by atoms with Gasteiger partial charge >= 0.3 is 0 Å². The third-order valence-corrected chi connectivity index (χ3v) is 5.46. The van der Waals surface area contributed by atoms with Crippen LogP contribution < -0.4 is 5.32 Å². The van der Waals surface area contributed by atoms with E-state index >= 15 is 0 Å². The van der Waals surface area contributed by atoms with Gasteiger partial charge in [-0.1, -0.05) is 5.16 Å².